The van der Waals surface area contributed by atoms with Gasteiger partial charge in [0.1, 0.15) is 11.5 Å². The lowest BCUT2D eigenvalue weighted by Gasteiger charge is -2.33. The number of ether oxygens (including phenoxy) is 6. The van der Waals surface area contributed by atoms with Gasteiger partial charge in [-0.1, -0.05) is 135 Å². The predicted molar refractivity (Wildman–Crippen MR) is 303 cm³/mol. The fraction of sp³-hybridized carbons (Fsp3) is 0.438. The smallest absolute Gasteiger partial charge is 0.200 e. The fourth-order valence-corrected chi connectivity index (χ4v) is 9.68. The second kappa shape index (κ2) is 29.5. The fourth-order valence-electron chi connectivity index (χ4n) is 9.68. The number of hydrogen-bond donors (Lipinski definition) is 0. The van der Waals surface area contributed by atoms with Gasteiger partial charge >= 0.3 is 0 Å². The van der Waals surface area contributed by atoms with E-state index < -0.39 is 5.92 Å². The average molecular weight is 979 g/mol. The molecular weight excluding hydrogens is 893 g/mol. The minimum atomic E-state index is -0.394. The molecule has 0 aromatic heterocycles. The normalized spacial score (nSPS) is 19.4. The number of aryl methyl sites for hydroxylation is 3. The second-order valence-electron chi connectivity index (χ2n) is 18.9. The highest BCUT2D eigenvalue weighted by molar-refractivity contribution is 5.91. The number of aliphatic imine (C=N–C) groups is 2. The molecule has 0 saturated carbocycles. The van der Waals surface area contributed by atoms with Crippen molar-refractivity contribution in [3.8, 4) is 11.5 Å². The molecule has 0 spiro atoms. The van der Waals surface area contributed by atoms with Crippen molar-refractivity contribution in [2.75, 3.05) is 41.7 Å². The van der Waals surface area contributed by atoms with Crippen LogP contribution in [-0.4, -0.2) is 66.0 Å². The maximum atomic E-state index is 6.88. The molecule has 3 aromatic carbocycles. The number of hydrogen-bond acceptors (Lipinski definition) is 8. The molecule has 0 radical (unpaired) electrons. The monoisotopic (exact) mass is 979 g/mol. The van der Waals surface area contributed by atoms with Gasteiger partial charge < -0.3 is 28.4 Å². The summed E-state index contributed by atoms with van der Waals surface area (Å²) in [6.45, 7) is 22.3. The van der Waals surface area contributed by atoms with Gasteiger partial charge in [-0.15, -0.1) is 0 Å². The number of methoxy groups -OCH3 is 4. The number of rotatable bonds is 20. The van der Waals surface area contributed by atoms with Gasteiger partial charge in [0.15, 0.2) is 0 Å². The summed E-state index contributed by atoms with van der Waals surface area (Å²) in [5.74, 6) is 2.80. The molecule has 3 aliphatic rings. The van der Waals surface area contributed by atoms with Crippen LogP contribution in [0, 0.1) is 38.5 Å². The van der Waals surface area contributed by atoms with Crippen LogP contribution < -0.4 is 9.47 Å². The van der Waals surface area contributed by atoms with E-state index in [9.17, 15) is 0 Å². The molecule has 8 heteroatoms. The number of allylic oxidation sites excluding steroid dienone is 13. The second-order valence-corrected chi connectivity index (χ2v) is 18.9. The summed E-state index contributed by atoms with van der Waals surface area (Å²) in [6, 6.07) is 20.7. The molecule has 3 aromatic rings. The Morgan fingerprint density at radius 2 is 1.46 bits per heavy atom. The summed E-state index contributed by atoms with van der Waals surface area (Å²) in [5.41, 5.74) is 13.1. The first-order valence-electron chi connectivity index (χ1n) is 25.7. The van der Waals surface area contributed by atoms with Gasteiger partial charge in [-0.2, -0.15) is 0 Å². The number of benzene rings is 3. The van der Waals surface area contributed by atoms with Crippen LogP contribution in [0.5, 0.6) is 11.5 Å². The van der Waals surface area contributed by atoms with Crippen LogP contribution in [0.4, 0.5) is 5.69 Å². The van der Waals surface area contributed by atoms with E-state index in [2.05, 4.69) is 153 Å². The minimum Gasteiger partial charge on any atom is -0.498 e. The zero-order valence-corrected chi connectivity index (χ0v) is 45.3. The molecule has 6 unspecified atom stereocenters. The van der Waals surface area contributed by atoms with Gasteiger partial charge in [0.25, 0.3) is 0 Å². The highest BCUT2D eigenvalue weighted by atomic mass is 16.5. The summed E-state index contributed by atoms with van der Waals surface area (Å²) in [6.07, 6.45) is 25.8. The van der Waals surface area contributed by atoms with Gasteiger partial charge in [-0.3, -0.25) is 4.99 Å². The van der Waals surface area contributed by atoms with Crippen LogP contribution in [0.3, 0.4) is 0 Å². The van der Waals surface area contributed by atoms with Crippen LogP contribution in [0.25, 0.3) is 0 Å². The molecule has 72 heavy (non-hydrogen) atoms. The van der Waals surface area contributed by atoms with Crippen LogP contribution in [-0.2, 0) is 18.9 Å². The third-order valence-corrected chi connectivity index (χ3v) is 13.2. The molecule has 0 fully saturated rings. The van der Waals surface area contributed by atoms with Crippen LogP contribution in [0.1, 0.15) is 122 Å². The van der Waals surface area contributed by atoms with Gasteiger partial charge in [-0.25, -0.2) is 4.99 Å². The Labute approximate surface area is 434 Å². The van der Waals surface area contributed by atoms with Crippen molar-refractivity contribution in [2.24, 2.45) is 27.7 Å². The predicted octanol–water partition coefficient (Wildman–Crippen LogP) is 16.2. The van der Waals surface area contributed by atoms with E-state index in [1.165, 1.54) is 11.1 Å². The van der Waals surface area contributed by atoms with Crippen molar-refractivity contribution in [1.82, 2.24) is 0 Å². The minimum absolute atomic E-state index is 0. The Hall–Kier alpha value is -5.96. The summed E-state index contributed by atoms with van der Waals surface area (Å²) >= 11 is 0. The van der Waals surface area contributed by atoms with Crippen molar-refractivity contribution in [3.05, 3.63) is 182 Å². The van der Waals surface area contributed by atoms with E-state index in [1.807, 2.05) is 38.3 Å². The molecule has 0 bridgehead atoms. The Balaban J connectivity index is 0.00000370. The lowest BCUT2D eigenvalue weighted by atomic mass is 9.78. The van der Waals surface area contributed by atoms with E-state index in [0.29, 0.717) is 19.1 Å². The van der Waals surface area contributed by atoms with Crippen molar-refractivity contribution in [2.45, 2.75) is 127 Å². The molecule has 0 heterocycles. The van der Waals surface area contributed by atoms with E-state index in [0.717, 1.165) is 105 Å². The molecule has 8 nitrogen and oxygen atoms in total. The van der Waals surface area contributed by atoms with Crippen molar-refractivity contribution >= 4 is 17.8 Å². The van der Waals surface area contributed by atoms with E-state index in [1.54, 1.807) is 28.4 Å². The quantitative estimate of drug-likeness (QED) is 0.0486. The first-order chi connectivity index (χ1) is 34.3. The molecular formula is C64H86N2O6. The Kier molecular flexibility index (Phi) is 24.0. The van der Waals surface area contributed by atoms with Crippen molar-refractivity contribution in [3.63, 3.8) is 0 Å². The Bertz CT molecular complexity index is 2570. The third kappa shape index (κ3) is 16.0. The first-order valence-corrected chi connectivity index (χ1v) is 25.7. The Morgan fingerprint density at radius 3 is 2.11 bits per heavy atom. The maximum absolute atomic E-state index is 6.88. The van der Waals surface area contributed by atoms with Gasteiger partial charge in [0.2, 0.25) is 5.90 Å². The standard InChI is InChI=1S/C61H76N2O6.C2H6.CH4/c1-13-47-32-45(7)33-48(59(50-35-42(4)21-18-24-54(50)64-9)58(66-11)39-62-53-23-17-20-40(2)31-46(53)8)38-57(47)69-30-15-14-29-68-56-28-26-44(6)37-52(56)60(51-36-43(5)25-27-55(51)65-10)61(67-12)63-49-22-16-19-41(3)34-49;1-2;/h16-19,21-28,31,33-39,47-48,54,58-60H,13-15,20,29-30,32H2,1-12H3;1-2H3;1H4. The maximum Gasteiger partial charge on any atom is 0.200 e. The number of unbranched alkanes of at least 4 members (excludes halogenated alkanes) is 1. The van der Waals surface area contributed by atoms with Crippen LogP contribution in [0.15, 0.2) is 165 Å². The molecule has 0 amide bonds. The highest BCUT2D eigenvalue weighted by Gasteiger charge is 2.36. The van der Waals surface area contributed by atoms with Crippen molar-refractivity contribution in [1.29, 1.82) is 0 Å². The SMILES string of the molecule is C.CC.CCC1CC(C)=CC(C(C2=CC(C)=CC=CC2OC)C(C=NC2=C(C)C=C(C)CC=C2)OC)C=C1OCCCCOc1ccc(C)cc1C(C(=Nc1cccc(C)c1)OC)c1cc(C)ccc1OC. The average Bonchev–Trinajstić information content (AvgIpc) is 3.73. The topological polar surface area (TPSA) is 80.1 Å². The first kappa shape index (κ1) is 58.6. The third-order valence-electron chi connectivity index (χ3n) is 13.2. The molecule has 0 aliphatic heterocycles. The lowest BCUT2D eigenvalue weighted by molar-refractivity contribution is 0.0895. The highest BCUT2D eigenvalue weighted by Crippen LogP contribution is 2.42. The molecule has 0 N–H and O–H groups in total. The lowest BCUT2D eigenvalue weighted by Crippen LogP contribution is -2.35. The van der Waals surface area contributed by atoms with E-state index in [4.69, 9.17) is 38.4 Å². The zero-order valence-electron chi connectivity index (χ0n) is 45.3. The zero-order chi connectivity index (χ0) is 51.5. The summed E-state index contributed by atoms with van der Waals surface area (Å²) in [5, 5.41) is 0. The van der Waals surface area contributed by atoms with Gasteiger partial charge in [0.05, 0.1) is 62.7 Å². The van der Waals surface area contributed by atoms with Gasteiger partial charge in [0, 0.05) is 49.3 Å². The summed E-state index contributed by atoms with van der Waals surface area (Å²) in [7, 11) is 6.96. The molecule has 6 rings (SSSR count). The van der Waals surface area contributed by atoms with Crippen LogP contribution >= 0.6 is 0 Å². The van der Waals surface area contributed by atoms with E-state index >= 15 is 0 Å². The Morgan fingerprint density at radius 1 is 0.778 bits per heavy atom. The molecule has 3 aliphatic carbocycles. The number of nitrogens with zero attached hydrogens (tertiary/aromatic N) is 2. The summed E-state index contributed by atoms with van der Waals surface area (Å²) in [4.78, 5) is 10.2. The molecule has 6 atom stereocenters. The van der Waals surface area contributed by atoms with E-state index in [-0.39, 0.29) is 37.4 Å². The van der Waals surface area contributed by atoms with Gasteiger partial charge in [-0.05, 0) is 134 Å². The molecule has 0 saturated heterocycles. The van der Waals surface area contributed by atoms with Crippen molar-refractivity contribution < 1.29 is 28.4 Å². The summed E-state index contributed by atoms with van der Waals surface area (Å²) < 4.78 is 38.4. The largest absolute Gasteiger partial charge is 0.498 e. The van der Waals surface area contributed by atoms with Crippen LogP contribution in [0.2, 0.25) is 0 Å². The molecule has 388 valence electrons.